The molecule has 5 nitrogen and oxygen atoms in total. The number of fused-ring (bicyclic) bond motifs is 1. The lowest BCUT2D eigenvalue weighted by atomic mass is 9.82. The minimum atomic E-state index is -0.0192. The highest BCUT2D eigenvalue weighted by Crippen LogP contribution is 2.48. The maximum atomic E-state index is 12.2. The van der Waals surface area contributed by atoms with Crippen molar-refractivity contribution in [3.8, 4) is 0 Å². The molecule has 6 heteroatoms. The summed E-state index contributed by atoms with van der Waals surface area (Å²) < 4.78 is 7.62. The first kappa shape index (κ1) is 14.9. The maximum Gasteiger partial charge on any atom is 0.237 e. The molecule has 1 aliphatic carbocycles. The summed E-state index contributed by atoms with van der Waals surface area (Å²) in [5, 5.41) is 4.37. The number of aromatic nitrogens is 2. The van der Waals surface area contributed by atoms with Gasteiger partial charge < -0.3 is 9.64 Å². The average Bonchev–Trinajstić information content (AvgIpc) is 3.13. The van der Waals surface area contributed by atoms with Crippen LogP contribution in [0.2, 0.25) is 0 Å². The summed E-state index contributed by atoms with van der Waals surface area (Å²) in [6.45, 7) is 2.08. The molecule has 0 unspecified atom stereocenters. The Labute approximate surface area is 130 Å². The van der Waals surface area contributed by atoms with Crippen LogP contribution in [0.25, 0.3) is 0 Å². The number of alkyl halides is 1. The van der Waals surface area contributed by atoms with Gasteiger partial charge in [0.1, 0.15) is 5.88 Å². The fourth-order valence-electron chi connectivity index (χ4n) is 3.76. The van der Waals surface area contributed by atoms with Crippen LogP contribution in [0.1, 0.15) is 31.4 Å². The first-order chi connectivity index (χ1) is 10.1. The van der Waals surface area contributed by atoms with E-state index in [1.165, 1.54) is 6.42 Å². The van der Waals surface area contributed by atoms with Crippen LogP contribution in [-0.4, -0.2) is 45.7 Å². The van der Waals surface area contributed by atoms with Crippen molar-refractivity contribution in [1.82, 2.24) is 14.7 Å². The highest BCUT2D eigenvalue weighted by Gasteiger charge is 2.48. The van der Waals surface area contributed by atoms with E-state index < -0.39 is 0 Å². The second-order valence-electron chi connectivity index (χ2n) is 6.23. The average molecular weight is 312 g/mol. The monoisotopic (exact) mass is 311 g/mol. The second kappa shape index (κ2) is 5.97. The summed E-state index contributed by atoms with van der Waals surface area (Å²) in [5.41, 5.74) is 1.04. The van der Waals surface area contributed by atoms with E-state index in [4.69, 9.17) is 16.3 Å². The molecule has 21 heavy (non-hydrogen) atoms. The van der Waals surface area contributed by atoms with Gasteiger partial charge in [-0.1, -0.05) is 6.42 Å². The van der Waals surface area contributed by atoms with Gasteiger partial charge in [-0.15, -0.1) is 11.6 Å². The Morgan fingerprint density at radius 2 is 2.48 bits per heavy atom. The molecule has 0 spiro atoms. The molecule has 1 aromatic rings. The molecule has 3 rings (SSSR count). The lowest BCUT2D eigenvalue weighted by molar-refractivity contribution is -0.131. The Bertz CT molecular complexity index is 507. The van der Waals surface area contributed by atoms with Gasteiger partial charge in [-0.05, 0) is 25.3 Å². The summed E-state index contributed by atoms with van der Waals surface area (Å²) in [6, 6.07) is 1.95. The number of halogens is 1. The predicted octanol–water partition coefficient (Wildman–Crippen LogP) is 1.95. The number of amides is 1. The zero-order valence-electron chi connectivity index (χ0n) is 12.4. The Morgan fingerprint density at radius 3 is 3.19 bits per heavy atom. The molecule has 2 heterocycles. The smallest absolute Gasteiger partial charge is 0.237 e. The molecule has 1 aromatic heterocycles. The Balaban J connectivity index is 1.75. The standard InChI is InChI=1S/C15H22ClN3O2/c1-18-7-4-12(17-18)10-19(14(20)9-16)11-15-5-2-3-13(15)21-8-6-15/h4,7,13H,2-3,5-6,8-11H2,1H3/t13-,15-/m1/s1. The number of rotatable bonds is 5. The predicted molar refractivity (Wildman–Crippen MR) is 80.0 cm³/mol. The fraction of sp³-hybridized carbons (Fsp3) is 0.733. The molecule has 0 N–H and O–H groups in total. The number of hydrogen-bond acceptors (Lipinski definition) is 3. The zero-order chi connectivity index (χ0) is 14.9. The number of ether oxygens (including phenoxy) is 1. The quantitative estimate of drug-likeness (QED) is 0.781. The van der Waals surface area contributed by atoms with Crippen LogP contribution in [0.4, 0.5) is 0 Å². The van der Waals surface area contributed by atoms with Crippen molar-refractivity contribution in [1.29, 1.82) is 0 Å². The van der Waals surface area contributed by atoms with Crippen molar-refractivity contribution in [2.75, 3.05) is 19.0 Å². The Kier molecular flexibility index (Phi) is 4.22. The summed E-state index contributed by atoms with van der Waals surface area (Å²) >= 11 is 5.80. The van der Waals surface area contributed by atoms with Crippen molar-refractivity contribution in [3.63, 3.8) is 0 Å². The van der Waals surface area contributed by atoms with Gasteiger partial charge in [-0.2, -0.15) is 5.10 Å². The van der Waals surface area contributed by atoms with Gasteiger partial charge in [0.15, 0.2) is 0 Å². The maximum absolute atomic E-state index is 12.2. The van der Waals surface area contributed by atoms with Gasteiger partial charge >= 0.3 is 0 Å². The number of carbonyl (C=O) groups excluding carboxylic acids is 1. The van der Waals surface area contributed by atoms with E-state index in [-0.39, 0.29) is 17.2 Å². The Morgan fingerprint density at radius 1 is 1.62 bits per heavy atom. The van der Waals surface area contributed by atoms with Crippen LogP contribution in [0.5, 0.6) is 0 Å². The van der Waals surface area contributed by atoms with Crippen molar-refractivity contribution in [3.05, 3.63) is 18.0 Å². The van der Waals surface area contributed by atoms with Crippen molar-refractivity contribution >= 4 is 17.5 Å². The van der Waals surface area contributed by atoms with Crippen molar-refractivity contribution in [2.45, 2.75) is 38.3 Å². The summed E-state index contributed by atoms with van der Waals surface area (Å²) in [6.07, 6.45) is 6.71. The first-order valence-electron chi connectivity index (χ1n) is 7.57. The summed E-state index contributed by atoms with van der Waals surface area (Å²) in [7, 11) is 1.88. The van der Waals surface area contributed by atoms with Gasteiger partial charge in [0.05, 0.1) is 18.3 Å². The van der Waals surface area contributed by atoms with Crippen molar-refractivity contribution < 1.29 is 9.53 Å². The molecule has 0 bridgehead atoms. The third kappa shape index (κ3) is 2.94. The lowest BCUT2D eigenvalue weighted by Crippen LogP contribution is -2.43. The van der Waals surface area contributed by atoms with Crippen molar-refractivity contribution in [2.24, 2.45) is 12.5 Å². The molecular weight excluding hydrogens is 290 g/mol. The molecule has 2 atom stereocenters. The zero-order valence-corrected chi connectivity index (χ0v) is 13.2. The minimum absolute atomic E-state index is 0.0192. The fourth-order valence-corrected chi connectivity index (χ4v) is 3.93. The molecule has 1 amide bonds. The van der Waals surface area contributed by atoms with Crippen LogP contribution in [-0.2, 0) is 23.1 Å². The van der Waals surface area contributed by atoms with E-state index in [1.54, 1.807) is 4.68 Å². The van der Waals surface area contributed by atoms with Gasteiger partial charge in [0, 0.05) is 31.8 Å². The minimum Gasteiger partial charge on any atom is -0.378 e. The summed E-state index contributed by atoms with van der Waals surface area (Å²) in [5.74, 6) is 0.00304. The van der Waals surface area contributed by atoms with E-state index in [0.717, 1.165) is 38.1 Å². The molecular formula is C15H22ClN3O2. The van der Waals surface area contributed by atoms with E-state index in [9.17, 15) is 4.79 Å². The van der Waals surface area contributed by atoms with E-state index in [0.29, 0.717) is 12.6 Å². The molecule has 2 fully saturated rings. The first-order valence-corrected chi connectivity index (χ1v) is 8.10. The van der Waals surface area contributed by atoms with E-state index >= 15 is 0 Å². The van der Waals surface area contributed by atoms with Crippen LogP contribution in [0.3, 0.4) is 0 Å². The van der Waals surface area contributed by atoms with Gasteiger partial charge in [0.25, 0.3) is 0 Å². The number of hydrogen-bond donors (Lipinski definition) is 0. The molecule has 1 saturated carbocycles. The van der Waals surface area contributed by atoms with E-state index in [2.05, 4.69) is 5.10 Å². The largest absolute Gasteiger partial charge is 0.378 e. The number of aryl methyl sites for hydroxylation is 1. The molecule has 1 saturated heterocycles. The lowest BCUT2D eigenvalue weighted by Gasteiger charge is -2.34. The molecule has 0 aromatic carbocycles. The highest BCUT2D eigenvalue weighted by atomic mass is 35.5. The highest BCUT2D eigenvalue weighted by molar-refractivity contribution is 6.27. The molecule has 0 radical (unpaired) electrons. The van der Waals surface area contributed by atoms with Crippen LogP contribution >= 0.6 is 11.6 Å². The third-order valence-corrected chi connectivity index (χ3v) is 5.07. The van der Waals surface area contributed by atoms with Gasteiger partial charge in [-0.3, -0.25) is 9.48 Å². The number of nitrogens with zero attached hydrogens (tertiary/aromatic N) is 3. The van der Waals surface area contributed by atoms with Gasteiger partial charge in [-0.25, -0.2) is 0 Å². The molecule has 1 aliphatic heterocycles. The normalized spacial score (nSPS) is 27.8. The summed E-state index contributed by atoms with van der Waals surface area (Å²) in [4.78, 5) is 14.1. The Hall–Kier alpha value is -1.07. The molecule has 2 aliphatic rings. The second-order valence-corrected chi connectivity index (χ2v) is 6.50. The van der Waals surface area contributed by atoms with Gasteiger partial charge in [0.2, 0.25) is 5.91 Å². The SMILES string of the molecule is Cn1ccc(CN(C[C@]23CCC[C@H]2OCC3)C(=O)CCl)n1. The third-order valence-electron chi connectivity index (χ3n) is 4.84. The van der Waals surface area contributed by atoms with Crippen LogP contribution in [0.15, 0.2) is 12.3 Å². The van der Waals surface area contributed by atoms with Crippen LogP contribution in [0, 0.1) is 5.41 Å². The van der Waals surface area contributed by atoms with E-state index in [1.807, 2.05) is 24.2 Å². The van der Waals surface area contributed by atoms with Crippen LogP contribution < -0.4 is 0 Å². The topological polar surface area (TPSA) is 47.4 Å². The molecule has 116 valence electrons. The number of carbonyl (C=O) groups is 1.